The third-order valence-electron chi connectivity index (χ3n) is 5.45. The molecule has 2 aromatic rings. The Bertz CT molecular complexity index is 1040. The first-order valence-electron chi connectivity index (χ1n) is 9.37. The Kier molecular flexibility index (Phi) is 6.37. The highest BCUT2D eigenvalue weighted by Gasteiger charge is 2.38. The number of halogens is 1. The van der Waals surface area contributed by atoms with Gasteiger partial charge < -0.3 is 9.64 Å². The third kappa shape index (κ3) is 5.02. The van der Waals surface area contributed by atoms with Crippen LogP contribution in [0.5, 0.6) is 5.75 Å². The van der Waals surface area contributed by atoms with Gasteiger partial charge in [-0.1, -0.05) is 12.1 Å². The van der Waals surface area contributed by atoms with Crippen LogP contribution in [0.3, 0.4) is 0 Å². The number of fused-ring (bicyclic) bond motifs is 3. The minimum Gasteiger partial charge on any atom is -0.493 e. The minimum atomic E-state index is -3.27. The van der Waals surface area contributed by atoms with Gasteiger partial charge in [-0.15, -0.1) is 12.4 Å². The molecule has 0 unspecified atom stereocenters. The van der Waals surface area contributed by atoms with Crippen molar-refractivity contribution in [3.05, 3.63) is 59.2 Å². The highest BCUT2D eigenvalue weighted by Crippen LogP contribution is 2.41. The van der Waals surface area contributed by atoms with Crippen LogP contribution in [0, 0.1) is 17.2 Å². The van der Waals surface area contributed by atoms with E-state index in [2.05, 4.69) is 15.7 Å². The van der Waals surface area contributed by atoms with E-state index in [-0.39, 0.29) is 12.4 Å². The number of benzene rings is 2. The summed E-state index contributed by atoms with van der Waals surface area (Å²) in [6.45, 7) is 3.55. The summed E-state index contributed by atoms with van der Waals surface area (Å²) in [7, 11) is -3.27. The molecule has 1 N–H and O–H groups in total. The zero-order valence-corrected chi connectivity index (χ0v) is 17.8. The molecule has 0 amide bonds. The fraction of sp³-hybridized carbons (Fsp3) is 0.381. The van der Waals surface area contributed by atoms with E-state index in [0.29, 0.717) is 29.7 Å². The van der Waals surface area contributed by atoms with E-state index in [1.807, 2.05) is 36.4 Å². The van der Waals surface area contributed by atoms with Gasteiger partial charge in [-0.25, -0.2) is 8.42 Å². The van der Waals surface area contributed by atoms with Crippen LogP contribution in [0.2, 0.25) is 0 Å². The monoisotopic (exact) mass is 433 g/mol. The highest BCUT2D eigenvalue weighted by atomic mass is 35.5. The van der Waals surface area contributed by atoms with Gasteiger partial charge in [0.15, 0.2) is 0 Å². The molecular weight excluding hydrogens is 410 g/mol. The summed E-state index contributed by atoms with van der Waals surface area (Å²) in [6.07, 6.45) is 2.01. The number of ether oxygens (including phenoxy) is 1. The van der Waals surface area contributed by atoms with E-state index in [1.54, 1.807) is 6.07 Å². The lowest BCUT2D eigenvalue weighted by molar-refractivity contribution is 0.213. The molecule has 8 heteroatoms. The Balaban J connectivity index is 0.00000240. The lowest BCUT2D eigenvalue weighted by atomic mass is 9.86. The smallest absolute Gasteiger partial charge is 0.229 e. The van der Waals surface area contributed by atoms with E-state index >= 15 is 0 Å². The number of anilines is 1. The molecule has 2 aromatic carbocycles. The average molecular weight is 434 g/mol. The zero-order valence-electron chi connectivity index (χ0n) is 16.2. The van der Waals surface area contributed by atoms with Crippen molar-refractivity contribution in [3.63, 3.8) is 0 Å². The summed E-state index contributed by atoms with van der Waals surface area (Å²) >= 11 is 0. The SMILES string of the molecule is CS(=O)(=O)Nc1cccc(CCN2C[C@@H]3COc4ccc(C#N)cc4[C@H]3C2)c1.Cl. The molecular formula is C21H24ClN3O3S. The number of hydrogen-bond acceptors (Lipinski definition) is 5. The van der Waals surface area contributed by atoms with E-state index < -0.39 is 10.0 Å². The van der Waals surface area contributed by atoms with Crippen LogP contribution < -0.4 is 9.46 Å². The van der Waals surface area contributed by atoms with Crippen LogP contribution in [0.4, 0.5) is 5.69 Å². The van der Waals surface area contributed by atoms with Gasteiger partial charge >= 0.3 is 0 Å². The summed E-state index contributed by atoms with van der Waals surface area (Å²) < 4.78 is 31.3. The lowest BCUT2D eigenvalue weighted by Gasteiger charge is -2.27. The Hall–Kier alpha value is -2.27. The zero-order chi connectivity index (χ0) is 19.7. The Morgan fingerprint density at radius 2 is 2.07 bits per heavy atom. The number of sulfonamides is 1. The van der Waals surface area contributed by atoms with Crippen LogP contribution in [-0.4, -0.2) is 45.8 Å². The number of nitrogens with one attached hydrogen (secondary N) is 1. The second-order valence-electron chi connectivity index (χ2n) is 7.63. The number of nitrogens with zero attached hydrogens (tertiary/aromatic N) is 2. The van der Waals surface area contributed by atoms with Crippen molar-refractivity contribution in [2.24, 2.45) is 5.92 Å². The first-order valence-corrected chi connectivity index (χ1v) is 11.3. The molecule has 29 heavy (non-hydrogen) atoms. The molecule has 0 aromatic heterocycles. The van der Waals surface area contributed by atoms with Crippen LogP contribution in [0.25, 0.3) is 0 Å². The molecule has 1 fully saturated rings. The van der Waals surface area contributed by atoms with Crippen LogP contribution in [0.15, 0.2) is 42.5 Å². The Morgan fingerprint density at radius 1 is 1.24 bits per heavy atom. The largest absolute Gasteiger partial charge is 0.493 e. The Labute approximate surface area is 177 Å². The minimum absolute atomic E-state index is 0. The van der Waals surface area contributed by atoms with Crippen LogP contribution in [-0.2, 0) is 16.4 Å². The average Bonchev–Trinajstić information content (AvgIpc) is 3.08. The van der Waals surface area contributed by atoms with Gasteiger partial charge in [0.25, 0.3) is 0 Å². The molecule has 4 rings (SSSR count). The quantitative estimate of drug-likeness (QED) is 0.783. The predicted octanol–water partition coefficient (Wildman–Crippen LogP) is 3.00. The van der Waals surface area contributed by atoms with Gasteiger partial charge in [-0.3, -0.25) is 4.72 Å². The third-order valence-corrected chi connectivity index (χ3v) is 6.06. The van der Waals surface area contributed by atoms with Gasteiger partial charge in [0.05, 0.1) is 24.5 Å². The van der Waals surface area contributed by atoms with Gasteiger partial charge in [-0.05, 0) is 42.3 Å². The maximum atomic E-state index is 11.4. The van der Waals surface area contributed by atoms with Crippen molar-refractivity contribution in [1.29, 1.82) is 5.26 Å². The van der Waals surface area contributed by atoms with Gasteiger partial charge in [0.2, 0.25) is 10.0 Å². The van der Waals surface area contributed by atoms with Gasteiger partial charge in [0.1, 0.15) is 5.75 Å². The molecule has 2 aliphatic heterocycles. The molecule has 154 valence electrons. The number of hydrogen-bond donors (Lipinski definition) is 1. The van der Waals surface area contributed by atoms with E-state index in [9.17, 15) is 13.7 Å². The second kappa shape index (κ2) is 8.62. The van der Waals surface area contributed by atoms with Crippen LogP contribution >= 0.6 is 12.4 Å². The molecule has 0 spiro atoms. The second-order valence-corrected chi connectivity index (χ2v) is 9.37. The van der Waals surface area contributed by atoms with Crippen molar-refractivity contribution in [3.8, 4) is 11.8 Å². The fourth-order valence-corrected chi connectivity index (χ4v) is 4.75. The Morgan fingerprint density at radius 3 is 2.83 bits per heavy atom. The summed E-state index contributed by atoms with van der Waals surface area (Å²) in [5.41, 5.74) is 3.53. The normalized spacial score (nSPS) is 20.6. The molecule has 0 bridgehead atoms. The van der Waals surface area contributed by atoms with E-state index in [0.717, 1.165) is 49.2 Å². The summed E-state index contributed by atoms with van der Waals surface area (Å²) in [5.74, 6) is 1.75. The maximum Gasteiger partial charge on any atom is 0.229 e. The molecule has 2 atom stereocenters. The number of likely N-dealkylation sites (tertiary alicyclic amines) is 1. The first-order chi connectivity index (χ1) is 13.4. The number of nitriles is 1. The molecule has 0 saturated carbocycles. The van der Waals surface area contributed by atoms with Crippen molar-refractivity contribution in [2.75, 3.05) is 37.2 Å². The maximum absolute atomic E-state index is 11.4. The highest BCUT2D eigenvalue weighted by molar-refractivity contribution is 7.92. The lowest BCUT2D eigenvalue weighted by Crippen LogP contribution is -2.25. The summed E-state index contributed by atoms with van der Waals surface area (Å²) in [6, 6.07) is 15.5. The molecule has 1 saturated heterocycles. The molecule has 0 aliphatic carbocycles. The van der Waals surface area contributed by atoms with E-state index in [1.165, 1.54) is 0 Å². The molecule has 6 nitrogen and oxygen atoms in total. The fourth-order valence-electron chi connectivity index (χ4n) is 4.19. The van der Waals surface area contributed by atoms with Crippen molar-refractivity contribution < 1.29 is 13.2 Å². The number of rotatable bonds is 5. The standard InChI is InChI=1S/C21H23N3O3S.ClH/c1-28(25,26)23-18-4-2-3-15(9-18)7-8-24-12-17-14-27-21-6-5-16(11-22)10-19(21)20(17)13-24;/h2-6,9-10,17,20,23H,7-8,12-14H2,1H3;1H/t17-,20+;/m1./s1. The van der Waals surface area contributed by atoms with Gasteiger partial charge in [0, 0.05) is 42.7 Å². The van der Waals surface area contributed by atoms with Crippen molar-refractivity contribution in [1.82, 2.24) is 4.90 Å². The van der Waals surface area contributed by atoms with Crippen LogP contribution in [0.1, 0.15) is 22.6 Å². The summed E-state index contributed by atoms with van der Waals surface area (Å²) in [5, 5.41) is 9.19. The predicted molar refractivity (Wildman–Crippen MR) is 115 cm³/mol. The topological polar surface area (TPSA) is 82.4 Å². The van der Waals surface area contributed by atoms with Crippen molar-refractivity contribution >= 4 is 28.1 Å². The molecule has 2 heterocycles. The van der Waals surface area contributed by atoms with Crippen molar-refractivity contribution in [2.45, 2.75) is 12.3 Å². The van der Waals surface area contributed by atoms with Gasteiger partial charge in [-0.2, -0.15) is 5.26 Å². The summed E-state index contributed by atoms with van der Waals surface area (Å²) in [4.78, 5) is 2.43. The molecule has 2 aliphatic rings. The molecule has 0 radical (unpaired) electrons. The first kappa shape index (κ1) is 21.4. The van der Waals surface area contributed by atoms with E-state index in [4.69, 9.17) is 4.74 Å².